The second kappa shape index (κ2) is 8.39. The molecule has 1 saturated heterocycles. The summed E-state index contributed by atoms with van der Waals surface area (Å²) in [6.07, 6.45) is 2.51. The molecule has 1 aliphatic heterocycles. The van der Waals surface area contributed by atoms with E-state index in [1.807, 2.05) is 16.7 Å². The molecule has 8 nitrogen and oxygen atoms in total. The fourth-order valence-electron chi connectivity index (χ4n) is 3.52. The molecule has 2 aliphatic rings. The van der Waals surface area contributed by atoms with Crippen molar-refractivity contribution in [3.8, 4) is 5.75 Å². The molecule has 1 saturated carbocycles. The van der Waals surface area contributed by atoms with Gasteiger partial charge in [0.25, 0.3) is 0 Å². The second-order valence-electron chi connectivity index (χ2n) is 7.96. The van der Waals surface area contributed by atoms with Crippen LogP contribution in [0.2, 0.25) is 5.02 Å². The van der Waals surface area contributed by atoms with Crippen LogP contribution >= 0.6 is 23.4 Å². The van der Waals surface area contributed by atoms with Crippen molar-refractivity contribution in [2.24, 2.45) is 0 Å². The molecule has 2 heterocycles. The van der Waals surface area contributed by atoms with E-state index in [1.165, 1.54) is 11.8 Å². The molecule has 0 spiro atoms. The summed E-state index contributed by atoms with van der Waals surface area (Å²) in [5, 5.41) is 12.6. The average molecular weight is 471 g/mol. The van der Waals surface area contributed by atoms with Crippen LogP contribution in [-0.2, 0) is 21.2 Å². The number of para-hydroxylation sites is 1. The molecular weight excluding hydrogens is 448 g/mol. The Morgan fingerprint density at radius 1 is 1.37 bits per heavy atom. The number of thioether (sulfide) groups is 1. The Balaban J connectivity index is 1.38. The average Bonchev–Trinajstić information content (AvgIpc) is 3.37. The number of nitrogens with one attached hydrogen (secondary N) is 1. The van der Waals surface area contributed by atoms with E-state index in [2.05, 4.69) is 15.5 Å². The Hall–Kier alpha value is -1.78. The van der Waals surface area contributed by atoms with Crippen molar-refractivity contribution in [2.45, 2.75) is 49.5 Å². The third-order valence-corrected chi connectivity index (χ3v) is 8.28. The maximum Gasteiger partial charge on any atom is 0.230 e. The summed E-state index contributed by atoms with van der Waals surface area (Å²) >= 11 is 7.44. The number of aromatic nitrogens is 3. The molecular formula is C19H23ClN4O4S2. The van der Waals surface area contributed by atoms with Crippen molar-refractivity contribution in [2.75, 3.05) is 17.3 Å². The lowest BCUT2D eigenvalue weighted by Crippen LogP contribution is -2.47. The molecule has 1 aromatic heterocycles. The van der Waals surface area contributed by atoms with E-state index in [9.17, 15) is 13.2 Å². The number of sulfone groups is 1. The smallest absolute Gasteiger partial charge is 0.230 e. The van der Waals surface area contributed by atoms with Crippen LogP contribution in [0.5, 0.6) is 5.75 Å². The summed E-state index contributed by atoms with van der Waals surface area (Å²) in [5.41, 5.74) is -0.700. The molecule has 1 N–H and O–H groups in total. The first-order valence-corrected chi connectivity index (χ1v) is 12.9. The quantitative estimate of drug-likeness (QED) is 0.591. The lowest BCUT2D eigenvalue weighted by Gasteiger charge is -2.23. The lowest BCUT2D eigenvalue weighted by molar-refractivity contribution is -0.120. The van der Waals surface area contributed by atoms with Gasteiger partial charge in [0.1, 0.15) is 12.4 Å². The summed E-state index contributed by atoms with van der Waals surface area (Å²) in [6, 6.07) is 7.56. The Morgan fingerprint density at radius 3 is 2.80 bits per heavy atom. The predicted octanol–water partition coefficient (Wildman–Crippen LogP) is 2.63. The summed E-state index contributed by atoms with van der Waals surface area (Å²) in [4.78, 5) is 12.4. The Morgan fingerprint density at radius 2 is 2.13 bits per heavy atom. The fraction of sp³-hybridized carbons (Fsp3) is 0.526. The highest BCUT2D eigenvalue weighted by molar-refractivity contribution is 7.99. The van der Waals surface area contributed by atoms with Crippen molar-refractivity contribution in [3.63, 3.8) is 0 Å². The third kappa shape index (κ3) is 5.09. The van der Waals surface area contributed by atoms with Crippen LogP contribution in [0.3, 0.4) is 0 Å². The van der Waals surface area contributed by atoms with Crippen LogP contribution in [0.25, 0.3) is 0 Å². The van der Waals surface area contributed by atoms with E-state index in [1.54, 1.807) is 19.1 Å². The molecule has 1 aliphatic carbocycles. The van der Waals surface area contributed by atoms with E-state index in [0.29, 0.717) is 34.2 Å². The van der Waals surface area contributed by atoms with Gasteiger partial charge in [-0.05, 0) is 38.3 Å². The molecule has 2 aromatic rings. The van der Waals surface area contributed by atoms with Gasteiger partial charge in [-0.25, -0.2) is 8.42 Å². The standard InChI is InChI=1S/C19H23ClN4O4S2/c1-19(8-9-30(26,27)12-19)21-17(25)11-29-18-23-22-16(24(18)13-6-7-13)10-28-15-5-3-2-4-14(15)20/h2-5,13H,6-12H2,1H3,(H,21,25)/t19-/m0/s1. The van der Waals surface area contributed by atoms with E-state index < -0.39 is 15.4 Å². The zero-order chi connectivity index (χ0) is 21.4. The fourth-order valence-corrected chi connectivity index (χ4v) is 6.63. The highest BCUT2D eigenvalue weighted by Gasteiger charge is 2.39. The van der Waals surface area contributed by atoms with Gasteiger partial charge < -0.3 is 10.1 Å². The Kier molecular flexibility index (Phi) is 6.00. The maximum absolute atomic E-state index is 12.4. The summed E-state index contributed by atoms with van der Waals surface area (Å²) < 4.78 is 31.3. The van der Waals surface area contributed by atoms with Crippen LogP contribution in [-0.4, -0.2) is 51.9 Å². The largest absolute Gasteiger partial charge is 0.484 e. The highest BCUT2D eigenvalue weighted by Crippen LogP contribution is 2.39. The third-order valence-electron chi connectivity index (χ3n) is 5.12. The molecule has 162 valence electrons. The van der Waals surface area contributed by atoms with Crippen LogP contribution in [0.15, 0.2) is 29.4 Å². The zero-order valence-electron chi connectivity index (χ0n) is 16.5. The molecule has 2 fully saturated rings. The van der Waals surface area contributed by atoms with Crippen LogP contribution < -0.4 is 10.1 Å². The molecule has 4 rings (SSSR count). The predicted molar refractivity (Wildman–Crippen MR) is 115 cm³/mol. The van der Waals surface area contributed by atoms with Gasteiger partial charge in [-0.1, -0.05) is 35.5 Å². The first-order valence-electron chi connectivity index (χ1n) is 9.70. The first-order chi connectivity index (χ1) is 14.2. The number of nitrogens with zero attached hydrogens (tertiary/aromatic N) is 3. The molecule has 11 heteroatoms. The van der Waals surface area contributed by atoms with Gasteiger partial charge in [-0.2, -0.15) is 0 Å². The molecule has 30 heavy (non-hydrogen) atoms. The van der Waals surface area contributed by atoms with Gasteiger partial charge in [-0.15, -0.1) is 10.2 Å². The lowest BCUT2D eigenvalue weighted by atomic mass is 10.0. The number of rotatable bonds is 8. The summed E-state index contributed by atoms with van der Waals surface area (Å²) in [6.45, 7) is 2.01. The van der Waals surface area contributed by atoms with Crippen LogP contribution in [0.4, 0.5) is 0 Å². The SMILES string of the molecule is C[C@]1(NC(=O)CSc2nnc(COc3ccccc3Cl)n2C2CC2)CCS(=O)(=O)C1. The minimum absolute atomic E-state index is 0.0157. The summed E-state index contributed by atoms with van der Waals surface area (Å²) in [7, 11) is -3.08. The number of carbonyl (C=O) groups excluding carboxylic acids is 1. The van der Waals surface area contributed by atoms with E-state index >= 15 is 0 Å². The van der Waals surface area contributed by atoms with Crippen molar-refractivity contribution >= 4 is 39.1 Å². The van der Waals surface area contributed by atoms with Gasteiger partial charge >= 0.3 is 0 Å². The number of amides is 1. The summed E-state index contributed by atoms with van der Waals surface area (Å²) in [5.74, 6) is 1.30. The van der Waals surface area contributed by atoms with Gasteiger partial charge in [0.05, 0.1) is 27.8 Å². The second-order valence-corrected chi connectivity index (χ2v) is 11.5. The Labute approximate surface area is 184 Å². The van der Waals surface area contributed by atoms with Gasteiger partial charge in [0, 0.05) is 6.04 Å². The molecule has 0 radical (unpaired) electrons. The van der Waals surface area contributed by atoms with Gasteiger partial charge in [0.2, 0.25) is 5.91 Å². The van der Waals surface area contributed by atoms with Crippen molar-refractivity contribution in [3.05, 3.63) is 35.1 Å². The number of halogens is 1. The van der Waals surface area contributed by atoms with Crippen molar-refractivity contribution in [1.29, 1.82) is 0 Å². The molecule has 0 unspecified atom stereocenters. The number of benzene rings is 1. The normalized spacial score (nSPS) is 22.7. The minimum Gasteiger partial charge on any atom is -0.484 e. The number of carbonyl (C=O) groups is 1. The van der Waals surface area contributed by atoms with Gasteiger partial charge in [-0.3, -0.25) is 9.36 Å². The molecule has 0 bridgehead atoms. The topological polar surface area (TPSA) is 103 Å². The van der Waals surface area contributed by atoms with Crippen LogP contribution in [0.1, 0.15) is 38.1 Å². The first kappa shape index (κ1) is 21.5. The van der Waals surface area contributed by atoms with E-state index in [-0.39, 0.29) is 29.8 Å². The van der Waals surface area contributed by atoms with E-state index in [0.717, 1.165) is 12.8 Å². The monoisotopic (exact) mass is 470 g/mol. The number of ether oxygens (including phenoxy) is 1. The molecule has 1 aromatic carbocycles. The Bertz CT molecular complexity index is 1050. The maximum atomic E-state index is 12.4. The highest BCUT2D eigenvalue weighted by atomic mass is 35.5. The number of hydrogen-bond acceptors (Lipinski definition) is 7. The minimum atomic E-state index is -3.08. The van der Waals surface area contributed by atoms with E-state index in [4.69, 9.17) is 16.3 Å². The van der Waals surface area contributed by atoms with Crippen LogP contribution in [0, 0.1) is 0 Å². The van der Waals surface area contributed by atoms with Crippen molar-refractivity contribution in [1.82, 2.24) is 20.1 Å². The van der Waals surface area contributed by atoms with Crippen molar-refractivity contribution < 1.29 is 17.9 Å². The van der Waals surface area contributed by atoms with Gasteiger partial charge in [0.15, 0.2) is 20.8 Å². The molecule has 1 atom stereocenters. The number of hydrogen-bond donors (Lipinski definition) is 1. The molecule has 1 amide bonds. The zero-order valence-corrected chi connectivity index (χ0v) is 18.9.